The fourth-order valence-electron chi connectivity index (χ4n) is 2.30. The number of sulfonamides is 1. The zero-order chi connectivity index (χ0) is 14.0. The molecule has 6 nitrogen and oxygen atoms in total. The Morgan fingerprint density at radius 1 is 1.53 bits per heavy atom. The second-order valence-electron chi connectivity index (χ2n) is 5.23. The van der Waals surface area contributed by atoms with Crippen LogP contribution in [0.4, 0.5) is 0 Å². The summed E-state index contributed by atoms with van der Waals surface area (Å²) in [6.45, 7) is 3.81. The van der Waals surface area contributed by atoms with Crippen molar-refractivity contribution in [2.75, 3.05) is 0 Å². The summed E-state index contributed by atoms with van der Waals surface area (Å²) in [5.74, 6) is 0.687. The van der Waals surface area contributed by atoms with Gasteiger partial charge in [0.25, 0.3) is 0 Å². The molecule has 2 rings (SSSR count). The van der Waals surface area contributed by atoms with E-state index >= 15 is 0 Å². The van der Waals surface area contributed by atoms with Crippen LogP contribution in [0.1, 0.15) is 44.0 Å². The van der Waals surface area contributed by atoms with E-state index in [2.05, 4.69) is 14.9 Å². The minimum absolute atomic E-state index is 0.00238. The normalized spacial score (nSPS) is 17.6. The molecule has 0 aliphatic heterocycles. The number of aromatic amines is 1. The molecular weight excluding hydrogens is 264 g/mol. The number of nitrogens with one attached hydrogen (secondary N) is 2. The quantitative estimate of drug-likeness (QED) is 0.697. The van der Waals surface area contributed by atoms with Gasteiger partial charge in [0.2, 0.25) is 10.0 Å². The Kier molecular flexibility index (Phi) is 4.27. The van der Waals surface area contributed by atoms with E-state index in [-0.39, 0.29) is 17.5 Å². The third-order valence-electron chi connectivity index (χ3n) is 3.55. The zero-order valence-electron chi connectivity index (χ0n) is 11.4. The van der Waals surface area contributed by atoms with Crippen molar-refractivity contribution in [3.05, 3.63) is 11.4 Å². The van der Waals surface area contributed by atoms with Crippen molar-refractivity contribution >= 4 is 10.0 Å². The molecule has 1 heterocycles. The molecule has 0 aromatic carbocycles. The summed E-state index contributed by atoms with van der Waals surface area (Å²) in [6.07, 6.45) is 4.16. The van der Waals surface area contributed by atoms with Crippen molar-refractivity contribution in [1.29, 1.82) is 0 Å². The zero-order valence-corrected chi connectivity index (χ0v) is 12.3. The maximum absolute atomic E-state index is 12.4. The largest absolute Gasteiger partial charge is 0.325 e. The number of aryl methyl sites for hydroxylation is 1. The van der Waals surface area contributed by atoms with Crippen LogP contribution in [0.15, 0.2) is 4.90 Å². The number of hydrogen-bond acceptors (Lipinski definition) is 4. The molecule has 0 spiro atoms. The highest BCUT2D eigenvalue weighted by Gasteiger charge is 2.30. The Bertz CT molecular complexity index is 534. The molecule has 1 fully saturated rings. The Morgan fingerprint density at radius 3 is 2.74 bits per heavy atom. The van der Waals surface area contributed by atoms with Crippen LogP contribution in [0.5, 0.6) is 0 Å². The first-order valence-electron chi connectivity index (χ1n) is 6.74. The second kappa shape index (κ2) is 5.60. The van der Waals surface area contributed by atoms with E-state index in [4.69, 9.17) is 5.73 Å². The summed E-state index contributed by atoms with van der Waals surface area (Å²) >= 11 is 0. The fourth-order valence-corrected chi connectivity index (χ4v) is 4.00. The molecule has 7 heteroatoms. The highest BCUT2D eigenvalue weighted by molar-refractivity contribution is 7.89. The topological polar surface area (TPSA) is 101 Å². The molecule has 19 heavy (non-hydrogen) atoms. The lowest BCUT2D eigenvalue weighted by atomic mass is 10.1. The summed E-state index contributed by atoms with van der Waals surface area (Å²) in [7, 11) is -3.54. The van der Waals surface area contributed by atoms with E-state index < -0.39 is 10.0 Å². The molecule has 1 atom stereocenters. The van der Waals surface area contributed by atoms with Gasteiger partial charge in [0.05, 0.1) is 11.4 Å². The van der Waals surface area contributed by atoms with Crippen LogP contribution in [0.3, 0.4) is 0 Å². The van der Waals surface area contributed by atoms with Gasteiger partial charge in [-0.1, -0.05) is 19.8 Å². The molecule has 0 bridgehead atoms. The molecule has 1 aromatic rings. The van der Waals surface area contributed by atoms with Gasteiger partial charge < -0.3 is 5.73 Å². The first kappa shape index (κ1) is 14.5. The number of H-pyrrole nitrogens is 1. The molecule has 108 valence electrons. The van der Waals surface area contributed by atoms with Gasteiger partial charge in [-0.25, -0.2) is 13.1 Å². The number of hydrogen-bond donors (Lipinski definition) is 3. The second-order valence-corrected chi connectivity index (χ2v) is 6.88. The van der Waals surface area contributed by atoms with Gasteiger partial charge in [-0.05, 0) is 25.7 Å². The Labute approximate surface area is 114 Å². The smallest absolute Gasteiger partial charge is 0.244 e. The Morgan fingerprint density at radius 2 is 2.21 bits per heavy atom. The number of aromatic nitrogens is 2. The van der Waals surface area contributed by atoms with E-state index in [0.717, 1.165) is 12.8 Å². The molecule has 0 radical (unpaired) electrons. The van der Waals surface area contributed by atoms with Crippen LogP contribution in [0.25, 0.3) is 0 Å². The SMILES string of the molecule is CCC(CC1CC1)NS(=O)(=O)c1c(CN)n[nH]c1C. The van der Waals surface area contributed by atoms with Crippen molar-refractivity contribution in [1.82, 2.24) is 14.9 Å². The third-order valence-corrected chi connectivity index (χ3v) is 5.28. The lowest BCUT2D eigenvalue weighted by Gasteiger charge is -2.17. The van der Waals surface area contributed by atoms with Crippen LogP contribution in [0.2, 0.25) is 0 Å². The van der Waals surface area contributed by atoms with Gasteiger partial charge in [-0.2, -0.15) is 5.10 Å². The highest BCUT2D eigenvalue weighted by atomic mass is 32.2. The number of rotatable bonds is 7. The minimum Gasteiger partial charge on any atom is -0.325 e. The van der Waals surface area contributed by atoms with Crippen molar-refractivity contribution in [3.8, 4) is 0 Å². The lowest BCUT2D eigenvalue weighted by molar-refractivity contribution is 0.494. The van der Waals surface area contributed by atoms with E-state index in [1.165, 1.54) is 12.8 Å². The van der Waals surface area contributed by atoms with Gasteiger partial charge in [0, 0.05) is 12.6 Å². The fraction of sp³-hybridized carbons (Fsp3) is 0.750. The first-order chi connectivity index (χ1) is 8.97. The maximum Gasteiger partial charge on any atom is 0.244 e. The van der Waals surface area contributed by atoms with Crippen molar-refractivity contribution < 1.29 is 8.42 Å². The summed E-state index contributed by atoms with van der Waals surface area (Å²) in [4.78, 5) is 0.212. The molecule has 1 aliphatic rings. The lowest BCUT2D eigenvalue weighted by Crippen LogP contribution is -2.35. The maximum atomic E-state index is 12.4. The average Bonchev–Trinajstić information content (AvgIpc) is 3.08. The van der Waals surface area contributed by atoms with Crippen molar-refractivity contribution in [3.63, 3.8) is 0 Å². The van der Waals surface area contributed by atoms with Gasteiger partial charge in [-0.15, -0.1) is 0 Å². The van der Waals surface area contributed by atoms with Crippen LogP contribution in [-0.4, -0.2) is 24.7 Å². The minimum atomic E-state index is -3.54. The standard InChI is InChI=1S/C12H22N4O2S/c1-3-10(6-9-4-5-9)16-19(17,18)12-8(2)14-15-11(12)7-13/h9-10,16H,3-7,13H2,1-2H3,(H,14,15). The number of nitrogens with zero attached hydrogens (tertiary/aromatic N) is 1. The number of nitrogens with two attached hydrogens (primary N) is 1. The predicted octanol–water partition coefficient (Wildman–Crippen LogP) is 1.03. The highest BCUT2D eigenvalue weighted by Crippen LogP contribution is 2.34. The van der Waals surface area contributed by atoms with Gasteiger partial charge in [0.15, 0.2) is 0 Å². The van der Waals surface area contributed by atoms with Gasteiger partial charge >= 0.3 is 0 Å². The predicted molar refractivity (Wildman–Crippen MR) is 73.0 cm³/mol. The molecule has 1 aliphatic carbocycles. The Balaban J connectivity index is 2.18. The average molecular weight is 286 g/mol. The molecule has 4 N–H and O–H groups in total. The molecule has 0 saturated heterocycles. The van der Waals surface area contributed by atoms with E-state index in [0.29, 0.717) is 17.3 Å². The molecular formula is C12H22N4O2S. The van der Waals surface area contributed by atoms with Gasteiger partial charge in [-0.3, -0.25) is 5.10 Å². The van der Waals surface area contributed by atoms with E-state index in [1.807, 2.05) is 6.92 Å². The summed E-state index contributed by atoms with van der Waals surface area (Å²) in [5.41, 5.74) is 6.47. The molecule has 1 aromatic heterocycles. The Hall–Kier alpha value is -0.920. The van der Waals surface area contributed by atoms with Crippen LogP contribution < -0.4 is 10.5 Å². The molecule has 1 saturated carbocycles. The van der Waals surface area contributed by atoms with E-state index in [1.54, 1.807) is 6.92 Å². The van der Waals surface area contributed by atoms with E-state index in [9.17, 15) is 8.42 Å². The van der Waals surface area contributed by atoms with Crippen LogP contribution in [0, 0.1) is 12.8 Å². The monoisotopic (exact) mass is 286 g/mol. The third kappa shape index (κ3) is 3.34. The summed E-state index contributed by atoms with van der Waals surface area (Å²) < 4.78 is 27.7. The van der Waals surface area contributed by atoms with Crippen molar-refractivity contribution in [2.24, 2.45) is 11.7 Å². The first-order valence-corrected chi connectivity index (χ1v) is 8.22. The van der Waals surface area contributed by atoms with Crippen LogP contribution in [-0.2, 0) is 16.6 Å². The van der Waals surface area contributed by atoms with Crippen molar-refractivity contribution in [2.45, 2.75) is 57.0 Å². The molecule has 1 unspecified atom stereocenters. The van der Waals surface area contributed by atoms with Gasteiger partial charge in [0.1, 0.15) is 4.90 Å². The molecule has 0 amide bonds. The summed E-state index contributed by atoms with van der Waals surface area (Å²) in [6, 6.07) is -0.00238. The summed E-state index contributed by atoms with van der Waals surface area (Å²) in [5, 5.41) is 6.63. The van der Waals surface area contributed by atoms with Crippen LogP contribution >= 0.6 is 0 Å².